The number of carbonyl (C=O) groups is 1. The van der Waals surface area contributed by atoms with Crippen LogP contribution in [0.15, 0.2) is 24.3 Å². The number of hydrogen-bond donors (Lipinski definition) is 0. The van der Waals surface area contributed by atoms with Crippen molar-refractivity contribution in [1.29, 1.82) is 0 Å². The second kappa shape index (κ2) is 10.2. The molecule has 0 spiro atoms. The lowest BCUT2D eigenvalue weighted by molar-refractivity contribution is -0.137. The van der Waals surface area contributed by atoms with Crippen molar-refractivity contribution in [2.45, 2.75) is 44.6 Å². The first kappa shape index (κ1) is 20.3. The van der Waals surface area contributed by atoms with Crippen molar-refractivity contribution in [3.05, 3.63) is 29.3 Å². The molecule has 1 aromatic rings. The van der Waals surface area contributed by atoms with E-state index in [0.717, 1.165) is 32.4 Å². The molecule has 1 atom stereocenters. The van der Waals surface area contributed by atoms with Crippen LogP contribution in [-0.4, -0.2) is 54.5 Å². The summed E-state index contributed by atoms with van der Waals surface area (Å²) in [5, 5.41) is 0.550. The molecule has 3 rings (SSSR count). The van der Waals surface area contributed by atoms with Crippen molar-refractivity contribution in [2.75, 3.05) is 32.8 Å². The quantitative estimate of drug-likeness (QED) is 0.740. The molecule has 0 bridgehead atoms. The fraction of sp³-hybridized carbons (Fsp3) is 0.632. The molecule has 4 nitrogen and oxygen atoms in total. The van der Waals surface area contributed by atoms with Gasteiger partial charge in [0.05, 0.1) is 5.02 Å². The van der Waals surface area contributed by atoms with Gasteiger partial charge in [-0.25, -0.2) is 0 Å². The Morgan fingerprint density at radius 2 is 1.84 bits per heavy atom. The highest BCUT2D eigenvalue weighted by molar-refractivity contribution is 6.32. The van der Waals surface area contributed by atoms with Gasteiger partial charge in [0, 0.05) is 19.1 Å². The van der Waals surface area contributed by atoms with Crippen LogP contribution in [-0.2, 0) is 4.79 Å². The van der Waals surface area contributed by atoms with Crippen molar-refractivity contribution in [1.82, 2.24) is 9.80 Å². The molecule has 2 heterocycles. The van der Waals surface area contributed by atoms with Crippen molar-refractivity contribution < 1.29 is 9.53 Å². The lowest BCUT2D eigenvalue weighted by Crippen LogP contribution is -2.47. The highest BCUT2D eigenvalue weighted by Gasteiger charge is 2.27. The van der Waals surface area contributed by atoms with Crippen LogP contribution in [0.5, 0.6) is 5.75 Å². The zero-order valence-corrected chi connectivity index (χ0v) is 16.2. The molecule has 6 heteroatoms. The number of para-hydroxylation sites is 1. The van der Waals surface area contributed by atoms with Gasteiger partial charge in [0.25, 0.3) is 5.91 Å². The van der Waals surface area contributed by atoms with E-state index in [1.54, 1.807) is 12.1 Å². The van der Waals surface area contributed by atoms with Gasteiger partial charge >= 0.3 is 0 Å². The molecule has 1 aromatic carbocycles. The van der Waals surface area contributed by atoms with Crippen molar-refractivity contribution >= 4 is 29.9 Å². The first-order valence-electron chi connectivity index (χ1n) is 9.13. The van der Waals surface area contributed by atoms with Crippen LogP contribution in [0.1, 0.15) is 38.5 Å². The number of hydrogen-bond acceptors (Lipinski definition) is 3. The highest BCUT2D eigenvalue weighted by atomic mass is 35.5. The summed E-state index contributed by atoms with van der Waals surface area (Å²) < 4.78 is 5.64. The SMILES string of the molecule is Cl.O=C(COc1ccccc1Cl)N1CCCCC1CCN1CCCC1. The summed E-state index contributed by atoms with van der Waals surface area (Å²) in [5.41, 5.74) is 0. The van der Waals surface area contributed by atoms with Gasteiger partial charge in [0.1, 0.15) is 5.75 Å². The molecule has 0 radical (unpaired) electrons. The minimum absolute atomic E-state index is 0. The molecule has 25 heavy (non-hydrogen) atoms. The van der Waals surface area contributed by atoms with Gasteiger partial charge in [0.2, 0.25) is 0 Å². The summed E-state index contributed by atoms with van der Waals surface area (Å²) in [7, 11) is 0. The van der Waals surface area contributed by atoms with E-state index >= 15 is 0 Å². The predicted molar refractivity (Wildman–Crippen MR) is 104 cm³/mol. The third kappa shape index (κ3) is 5.77. The first-order valence-corrected chi connectivity index (χ1v) is 9.51. The van der Waals surface area contributed by atoms with E-state index in [1.165, 1.54) is 32.4 Å². The van der Waals surface area contributed by atoms with Crippen LogP contribution in [0.2, 0.25) is 5.02 Å². The molecule has 2 aliphatic rings. The number of benzene rings is 1. The number of likely N-dealkylation sites (tertiary alicyclic amines) is 2. The Hall–Kier alpha value is -0.970. The number of nitrogens with zero attached hydrogens (tertiary/aromatic N) is 2. The maximum atomic E-state index is 12.6. The number of halogens is 2. The van der Waals surface area contributed by atoms with E-state index in [-0.39, 0.29) is 24.9 Å². The predicted octanol–water partition coefficient (Wildman–Crippen LogP) is 4.01. The zero-order valence-electron chi connectivity index (χ0n) is 14.7. The third-order valence-corrected chi connectivity index (χ3v) is 5.42. The number of piperidine rings is 1. The molecule has 0 aromatic heterocycles. The average molecular weight is 387 g/mol. The van der Waals surface area contributed by atoms with Crippen LogP contribution in [0.4, 0.5) is 0 Å². The van der Waals surface area contributed by atoms with Gasteiger partial charge in [0.15, 0.2) is 6.61 Å². The Morgan fingerprint density at radius 3 is 2.60 bits per heavy atom. The van der Waals surface area contributed by atoms with E-state index in [9.17, 15) is 4.79 Å². The minimum atomic E-state index is 0. The summed E-state index contributed by atoms with van der Waals surface area (Å²) in [6.07, 6.45) is 7.15. The van der Waals surface area contributed by atoms with Gasteiger partial charge in [-0.2, -0.15) is 0 Å². The Labute approximate surface area is 161 Å². The van der Waals surface area contributed by atoms with Crippen LogP contribution < -0.4 is 4.74 Å². The van der Waals surface area contributed by atoms with Crippen molar-refractivity contribution in [2.24, 2.45) is 0 Å². The third-order valence-electron chi connectivity index (χ3n) is 5.11. The lowest BCUT2D eigenvalue weighted by atomic mass is 9.99. The highest BCUT2D eigenvalue weighted by Crippen LogP contribution is 2.24. The van der Waals surface area contributed by atoms with Crippen LogP contribution in [0.25, 0.3) is 0 Å². The van der Waals surface area contributed by atoms with Gasteiger partial charge < -0.3 is 14.5 Å². The molecule has 2 fully saturated rings. The Balaban J connectivity index is 0.00000225. The molecule has 140 valence electrons. The topological polar surface area (TPSA) is 32.8 Å². The van der Waals surface area contributed by atoms with Crippen LogP contribution in [0, 0.1) is 0 Å². The zero-order chi connectivity index (χ0) is 16.8. The molecule has 1 unspecified atom stereocenters. The molecule has 2 saturated heterocycles. The van der Waals surface area contributed by atoms with Crippen molar-refractivity contribution in [3.8, 4) is 5.75 Å². The Bertz CT molecular complexity index is 550. The number of rotatable bonds is 6. The maximum absolute atomic E-state index is 12.6. The maximum Gasteiger partial charge on any atom is 0.260 e. The standard InChI is InChI=1S/C19H27ClN2O2.ClH/c20-17-8-1-2-9-18(17)24-15-19(23)22-13-4-3-7-16(22)10-14-21-11-5-6-12-21;/h1-2,8-9,16H,3-7,10-15H2;1H. The molecular formula is C19H28Cl2N2O2. The summed E-state index contributed by atoms with van der Waals surface area (Å²) in [6.45, 7) is 4.48. The summed E-state index contributed by atoms with van der Waals surface area (Å²) in [5.74, 6) is 0.666. The Morgan fingerprint density at radius 1 is 1.12 bits per heavy atom. The fourth-order valence-electron chi connectivity index (χ4n) is 3.75. The van der Waals surface area contributed by atoms with E-state index in [2.05, 4.69) is 4.90 Å². The van der Waals surface area contributed by atoms with Gasteiger partial charge in [-0.1, -0.05) is 23.7 Å². The molecular weight excluding hydrogens is 359 g/mol. The van der Waals surface area contributed by atoms with Crippen molar-refractivity contribution in [3.63, 3.8) is 0 Å². The van der Waals surface area contributed by atoms with Gasteiger partial charge in [-0.15, -0.1) is 12.4 Å². The second-order valence-electron chi connectivity index (χ2n) is 6.79. The summed E-state index contributed by atoms with van der Waals surface area (Å²) in [6, 6.07) is 7.67. The number of carbonyl (C=O) groups excluding carboxylic acids is 1. The fourth-order valence-corrected chi connectivity index (χ4v) is 3.94. The summed E-state index contributed by atoms with van der Waals surface area (Å²) in [4.78, 5) is 17.2. The molecule has 1 amide bonds. The first-order chi connectivity index (χ1) is 11.7. The van der Waals surface area contributed by atoms with Crippen LogP contribution >= 0.6 is 24.0 Å². The van der Waals surface area contributed by atoms with E-state index in [1.807, 2.05) is 17.0 Å². The number of amides is 1. The van der Waals surface area contributed by atoms with E-state index in [4.69, 9.17) is 16.3 Å². The van der Waals surface area contributed by atoms with E-state index < -0.39 is 0 Å². The van der Waals surface area contributed by atoms with Gasteiger partial charge in [-0.3, -0.25) is 4.79 Å². The van der Waals surface area contributed by atoms with Gasteiger partial charge in [-0.05, 0) is 63.7 Å². The average Bonchev–Trinajstić information content (AvgIpc) is 3.13. The number of ether oxygens (including phenoxy) is 1. The second-order valence-corrected chi connectivity index (χ2v) is 7.20. The minimum Gasteiger partial charge on any atom is -0.482 e. The monoisotopic (exact) mass is 386 g/mol. The smallest absolute Gasteiger partial charge is 0.260 e. The molecule has 0 N–H and O–H groups in total. The normalized spacial score (nSPS) is 21.0. The molecule has 0 aliphatic carbocycles. The summed E-state index contributed by atoms with van der Waals surface area (Å²) >= 11 is 6.09. The van der Waals surface area contributed by atoms with Crippen LogP contribution in [0.3, 0.4) is 0 Å². The molecule has 2 aliphatic heterocycles. The molecule has 0 saturated carbocycles. The largest absolute Gasteiger partial charge is 0.482 e. The lowest BCUT2D eigenvalue weighted by Gasteiger charge is -2.36. The van der Waals surface area contributed by atoms with E-state index in [0.29, 0.717) is 16.8 Å². The Kier molecular flexibility index (Phi) is 8.34.